The van der Waals surface area contributed by atoms with Gasteiger partial charge in [-0.25, -0.2) is 0 Å². The van der Waals surface area contributed by atoms with E-state index in [1.807, 2.05) is 6.08 Å². The van der Waals surface area contributed by atoms with E-state index in [1.54, 1.807) is 6.08 Å². The molecular formula is C54H103NO4. The Bertz CT molecular complexity index is 916. The van der Waals surface area contributed by atoms with Crippen molar-refractivity contribution in [1.29, 1.82) is 0 Å². The van der Waals surface area contributed by atoms with E-state index in [-0.39, 0.29) is 18.9 Å². The normalized spacial score (nSPS) is 13.6. The Morgan fingerprint density at radius 1 is 0.424 bits per heavy atom. The van der Waals surface area contributed by atoms with Gasteiger partial charge < -0.3 is 20.6 Å². The first-order valence-corrected chi connectivity index (χ1v) is 26.3. The van der Waals surface area contributed by atoms with Gasteiger partial charge >= 0.3 is 0 Å². The zero-order chi connectivity index (χ0) is 43.0. The molecule has 0 aliphatic carbocycles. The number of hydrogen-bond donors (Lipinski definition) is 4. The number of unbranched alkanes of at least 4 members (excludes halogenated alkanes) is 35. The second-order valence-electron chi connectivity index (χ2n) is 18.1. The molecule has 3 unspecified atom stereocenters. The molecule has 0 spiro atoms. The lowest BCUT2D eigenvalue weighted by Gasteiger charge is -2.21. The number of rotatable bonds is 48. The Morgan fingerprint density at radius 2 is 0.729 bits per heavy atom. The summed E-state index contributed by atoms with van der Waals surface area (Å²) in [6, 6.07) is -0.766. The van der Waals surface area contributed by atoms with Crippen LogP contribution in [0.5, 0.6) is 0 Å². The summed E-state index contributed by atoms with van der Waals surface area (Å²) in [4.78, 5) is 12.5. The van der Waals surface area contributed by atoms with Crippen molar-refractivity contribution in [2.24, 2.45) is 0 Å². The molecule has 0 saturated carbocycles. The summed E-state index contributed by atoms with van der Waals surface area (Å²) in [5.74, 6) is -0.325. The Labute approximate surface area is 368 Å². The molecule has 1 amide bonds. The van der Waals surface area contributed by atoms with Crippen LogP contribution in [-0.2, 0) is 4.79 Å². The third-order valence-electron chi connectivity index (χ3n) is 12.2. The lowest BCUT2D eigenvalue weighted by Crippen LogP contribution is -2.45. The molecule has 0 aliphatic rings. The summed E-state index contributed by atoms with van der Waals surface area (Å²) in [7, 11) is 0. The molecule has 3 atom stereocenters. The van der Waals surface area contributed by atoms with E-state index >= 15 is 0 Å². The molecule has 0 saturated heterocycles. The summed E-state index contributed by atoms with van der Waals surface area (Å²) in [5, 5.41) is 33.4. The molecular weight excluding hydrogens is 727 g/mol. The summed E-state index contributed by atoms with van der Waals surface area (Å²) >= 11 is 0. The van der Waals surface area contributed by atoms with E-state index in [4.69, 9.17) is 0 Å². The van der Waals surface area contributed by atoms with E-state index in [1.165, 1.54) is 212 Å². The summed E-state index contributed by atoms with van der Waals surface area (Å²) in [5.41, 5.74) is 0. The van der Waals surface area contributed by atoms with Gasteiger partial charge in [0, 0.05) is 0 Å². The predicted octanol–water partition coefficient (Wildman–Crippen LogP) is 15.9. The van der Waals surface area contributed by atoms with Crippen LogP contribution in [0.3, 0.4) is 0 Å². The van der Waals surface area contributed by atoms with Crippen molar-refractivity contribution < 1.29 is 20.1 Å². The Kier molecular flexibility index (Phi) is 48.0. The molecule has 4 N–H and O–H groups in total. The van der Waals surface area contributed by atoms with E-state index in [0.717, 1.165) is 38.5 Å². The zero-order valence-electron chi connectivity index (χ0n) is 39.6. The highest BCUT2D eigenvalue weighted by Gasteiger charge is 2.20. The maximum atomic E-state index is 12.5. The number of allylic oxidation sites excluding steroid dienone is 5. The third-order valence-corrected chi connectivity index (χ3v) is 12.2. The number of aliphatic hydroxyl groups excluding tert-OH is 3. The van der Waals surface area contributed by atoms with Gasteiger partial charge in [0.25, 0.3) is 0 Å². The summed E-state index contributed by atoms with van der Waals surface area (Å²) < 4.78 is 0. The number of nitrogens with one attached hydrogen (secondary N) is 1. The van der Waals surface area contributed by atoms with Gasteiger partial charge in [0.05, 0.1) is 31.3 Å². The highest BCUT2D eigenvalue weighted by molar-refractivity contribution is 5.76. The molecule has 0 fully saturated rings. The fraction of sp³-hybridized carbons (Fsp3) is 0.870. The van der Waals surface area contributed by atoms with Crippen LogP contribution in [0.2, 0.25) is 0 Å². The van der Waals surface area contributed by atoms with Gasteiger partial charge in [-0.1, -0.05) is 262 Å². The van der Waals surface area contributed by atoms with Crippen molar-refractivity contribution >= 4 is 5.91 Å². The van der Waals surface area contributed by atoms with Gasteiger partial charge in [-0.05, 0) is 44.9 Å². The summed E-state index contributed by atoms with van der Waals surface area (Å²) in [6.45, 7) is 4.22. The van der Waals surface area contributed by atoms with Gasteiger partial charge in [0.1, 0.15) is 0 Å². The molecule has 0 aromatic heterocycles. The van der Waals surface area contributed by atoms with Crippen molar-refractivity contribution in [3.05, 3.63) is 36.5 Å². The fourth-order valence-corrected chi connectivity index (χ4v) is 8.14. The first-order valence-electron chi connectivity index (χ1n) is 26.3. The number of carbonyl (C=O) groups is 1. The minimum Gasteiger partial charge on any atom is -0.394 e. The third kappa shape index (κ3) is 45.9. The monoisotopic (exact) mass is 830 g/mol. The first kappa shape index (κ1) is 57.6. The Balaban J connectivity index is 3.64. The average Bonchev–Trinajstić information content (AvgIpc) is 3.23. The van der Waals surface area contributed by atoms with Crippen LogP contribution in [0.25, 0.3) is 0 Å². The smallest absolute Gasteiger partial charge is 0.222 e. The van der Waals surface area contributed by atoms with Crippen molar-refractivity contribution in [3.8, 4) is 0 Å². The molecule has 5 heteroatoms. The molecule has 0 radical (unpaired) electrons. The predicted molar refractivity (Wildman–Crippen MR) is 259 cm³/mol. The Morgan fingerprint density at radius 3 is 1.08 bits per heavy atom. The van der Waals surface area contributed by atoms with Crippen molar-refractivity contribution in [3.63, 3.8) is 0 Å². The highest BCUT2D eigenvalue weighted by Crippen LogP contribution is 2.17. The van der Waals surface area contributed by atoms with Gasteiger partial charge in [-0.2, -0.15) is 0 Å². The first-order chi connectivity index (χ1) is 29.0. The summed E-state index contributed by atoms with van der Waals surface area (Å²) in [6.07, 6.45) is 63.2. The molecule has 348 valence electrons. The molecule has 0 bridgehead atoms. The van der Waals surface area contributed by atoms with Gasteiger partial charge in [0.2, 0.25) is 5.91 Å². The highest BCUT2D eigenvalue weighted by atomic mass is 16.3. The van der Waals surface area contributed by atoms with Crippen LogP contribution < -0.4 is 5.32 Å². The molecule has 0 heterocycles. The van der Waals surface area contributed by atoms with E-state index < -0.39 is 18.2 Å². The number of amides is 1. The van der Waals surface area contributed by atoms with Crippen LogP contribution in [0.15, 0.2) is 36.5 Å². The van der Waals surface area contributed by atoms with E-state index in [0.29, 0.717) is 6.42 Å². The number of hydrogen-bond acceptors (Lipinski definition) is 4. The second-order valence-corrected chi connectivity index (χ2v) is 18.1. The second kappa shape index (κ2) is 49.2. The molecule has 0 aromatic rings. The van der Waals surface area contributed by atoms with Crippen molar-refractivity contribution in [1.82, 2.24) is 5.32 Å². The van der Waals surface area contributed by atoms with Crippen LogP contribution in [0, 0.1) is 0 Å². The quantitative estimate of drug-likeness (QED) is 0.0363. The van der Waals surface area contributed by atoms with Crippen LogP contribution in [0.4, 0.5) is 0 Å². The van der Waals surface area contributed by atoms with Gasteiger partial charge in [-0.3, -0.25) is 4.79 Å². The van der Waals surface area contributed by atoms with Crippen molar-refractivity contribution in [2.75, 3.05) is 6.61 Å². The molecule has 0 aliphatic heterocycles. The SMILES string of the molecule is CCCCCCCCCCCCC/C=C/CC/C=C/CC/C=C/C(O)C(CO)NC(=O)CC(O)CCCCCCCCCCCCCCCCCCCCCCCCC. The largest absolute Gasteiger partial charge is 0.394 e. The van der Waals surface area contributed by atoms with Crippen molar-refractivity contribution in [2.45, 2.75) is 295 Å². The van der Waals surface area contributed by atoms with Gasteiger partial charge in [0.15, 0.2) is 0 Å². The standard InChI is InChI=1S/C54H103NO4/c1-3-5-7-9-11-13-15-17-19-21-23-25-26-28-29-31-33-35-37-39-41-43-45-47-51(57)49-54(59)55-52(50-56)53(58)48-46-44-42-40-38-36-34-32-30-27-24-22-20-18-16-14-12-10-8-6-4-2/h30,32,38,40,46,48,51-53,56-58H,3-29,31,33-37,39,41-45,47,49-50H2,1-2H3,(H,55,59)/b32-30+,40-38+,48-46+. The van der Waals surface area contributed by atoms with Gasteiger partial charge in [-0.15, -0.1) is 0 Å². The van der Waals surface area contributed by atoms with E-state index in [9.17, 15) is 20.1 Å². The maximum Gasteiger partial charge on any atom is 0.222 e. The molecule has 0 aromatic carbocycles. The number of carbonyl (C=O) groups excluding carboxylic acids is 1. The zero-order valence-corrected chi connectivity index (χ0v) is 39.6. The fourth-order valence-electron chi connectivity index (χ4n) is 8.14. The minimum absolute atomic E-state index is 0.00554. The minimum atomic E-state index is -0.959. The topological polar surface area (TPSA) is 89.8 Å². The van der Waals surface area contributed by atoms with Crippen LogP contribution in [0.1, 0.15) is 277 Å². The average molecular weight is 830 g/mol. The van der Waals surface area contributed by atoms with E-state index in [2.05, 4.69) is 43.5 Å². The maximum absolute atomic E-state index is 12.5. The van der Waals surface area contributed by atoms with Crippen LogP contribution >= 0.6 is 0 Å². The van der Waals surface area contributed by atoms with Crippen LogP contribution in [-0.4, -0.2) is 46.1 Å². The molecule has 0 rings (SSSR count). The lowest BCUT2D eigenvalue weighted by atomic mass is 10.0. The molecule has 59 heavy (non-hydrogen) atoms. The number of aliphatic hydroxyl groups is 3. The molecule has 5 nitrogen and oxygen atoms in total. The lowest BCUT2D eigenvalue weighted by molar-refractivity contribution is -0.124. The Hall–Kier alpha value is -1.43.